The quantitative estimate of drug-likeness (QED) is 0.616. The summed E-state index contributed by atoms with van der Waals surface area (Å²) in [6.07, 6.45) is 3.06. The summed E-state index contributed by atoms with van der Waals surface area (Å²) >= 11 is 0. The third-order valence-electron chi connectivity index (χ3n) is 4.97. The molecule has 1 aliphatic rings. The smallest absolute Gasteiger partial charge is 0.240 e. The van der Waals surface area contributed by atoms with E-state index < -0.39 is 5.72 Å². The first-order valence-corrected chi connectivity index (χ1v) is 9.56. The van der Waals surface area contributed by atoms with Gasteiger partial charge in [-0.15, -0.1) is 5.10 Å². The predicted molar refractivity (Wildman–Crippen MR) is 110 cm³/mol. The maximum atomic E-state index is 6.41. The molecule has 0 aromatic heterocycles. The lowest BCUT2D eigenvalue weighted by Gasteiger charge is -2.29. The number of benzene rings is 3. The van der Waals surface area contributed by atoms with Crippen molar-refractivity contribution in [3.05, 3.63) is 96.1 Å². The van der Waals surface area contributed by atoms with Crippen LogP contribution in [0.3, 0.4) is 0 Å². The highest BCUT2D eigenvalue weighted by molar-refractivity contribution is 5.95. The van der Waals surface area contributed by atoms with Gasteiger partial charge in [0.2, 0.25) is 11.6 Å². The van der Waals surface area contributed by atoms with Crippen LogP contribution in [0.25, 0.3) is 11.1 Å². The molecule has 1 atom stereocenters. The van der Waals surface area contributed by atoms with E-state index in [1.165, 1.54) is 11.1 Å². The summed E-state index contributed by atoms with van der Waals surface area (Å²) in [6, 6.07) is 29.1. The summed E-state index contributed by atoms with van der Waals surface area (Å²) in [5.74, 6) is 0.648. The van der Waals surface area contributed by atoms with Crippen LogP contribution in [0, 0.1) is 0 Å². The summed E-state index contributed by atoms with van der Waals surface area (Å²) in [6.45, 7) is 2.19. The van der Waals surface area contributed by atoms with E-state index in [0.717, 1.165) is 30.4 Å². The second kappa shape index (κ2) is 7.67. The van der Waals surface area contributed by atoms with Crippen LogP contribution < -0.4 is 5.43 Å². The van der Waals surface area contributed by atoms with Crippen molar-refractivity contribution in [1.82, 2.24) is 5.43 Å². The average molecular weight is 356 g/mol. The molecule has 3 heteroatoms. The minimum Gasteiger partial charge on any atom is -0.444 e. The zero-order valence-electron chi connectivity index (χ0n) is 15.6. The molecule has 1 N–H and O–H groups in total. The molecular formula is C24H24N2O. The zero-order valence-corrected chi connectivity index (χ0v) is 15.6. The normalized spacial score (nSPS) is 18.5. The molecule has 4 rings (SSSR count). The second-order valence-corrected chi connectivity index (χ2v) is 6.87. The van der Waals surface area contributed by atoms with E-state index >= 15 is 0 Å². The van der Waals surface area contributed by atoms with Crippen LogP contribution in [0.1, 0.15) is 37.3 Å². The highest BCUT2D eigenvalue weighted by atomic mass is 16.5. The number of hydrogen-bond donors (Lipinski definition) is 1. The summed E-state index contributed by atoms with van der Waals surface area (Å²) in [5.41, 5.74) is 7.19. The highest BCUT2D eigenvalue weighted by Gasteiger charge is 2.39. The fraction of sp³-hybridized carbons (Fsp3) is 0.208. The Kier molecular flexibility index (Phi) is 4.93. The van der Waals surface area contributed by atoms with Gasteiger partial charge in [-0.2, -0.15) is 0 Å². The third-order valence-corrected chi connectivity index (χ3v) is 4.97. The molecule has 3 nitrogen and oxygen atoms in total. The molecule has 0 amide bonds. The monoisotopic (exact) mass is 356 g/mol. The molecule has 3 aromatic carbocycles. The van der Waals surface area contributed by atoms with Crippen molar-refractivity contribution >= 4 is 5.90 Å². The topological polar surface area (TPSA) is 33.6 Å². The Labute approximate surface area is 160 Å². The maximum Gasteiger partial charge on any atom is 0.240 e. The molecule has 1 aliphatic heterocycles. The molecule has 1 heterocycles. The molecule has 0 aliphatic carbocycles. The van der Waals surface area contributed by atoms with Gasteiger partial charge in [0.05, 0.1) is 0 Å². The van der Waals surface area contributed by atoms with Crippen molar-refractivity contribution in [2.45, 2.75) is 31.9 Å². The zero-order chi connectivity index (χ0) is 18.5. The van der Waals surface area contributed by atoms with E-state index in [1.54, 1.807) is 0 Å². The summed E-state index contributed by atoms with van der Waals surface area (Å²) in [7, 11) is 0. The number of nitrogens with one attached hydrogen (secondary N) is 1. The molecule has 0 saturated carbocycles. The lowest BCUT2D eigenvalue weighted by atomic mass is 9.97. The summed E-state index contributed by atoms with van der Waals surface area (Å²) in [4.78, 5) is 0. The molecule has 0 saturated heterocycles. The van der Waals surface area contributed by atoms with Crippen molar-refractivity contribution in [3.63, 3.8) is 0 Å². The molecule has 0 bridgehead atoms. The molecule has 0 radical (unpaired) electrons. The van der Waals surface area contributed by atoms with Crippen molar-refractivity contribution in [3.8, 4) is 11.1 Å². The third kappa shape index (κ3) is 3.59. The maximum absolute atomic E-state index is 6.41. The van der Waals surface area contributed by atoms with Crippen LogP contribution in [0.5, 0.6) is 0 Å². The second-order valence-electron chi connectivity index (χ2n) is 6.87. The predicted octanol–water partition coefficient (Wildman–Crippen LogP) is 5.68. The van der Waals surface area contributed by atoms with Gasteiger partial charge in [0.25, 0.3) is 0 Å². The summed E-state index contributed by atoms with van der Waals surface area (Å²) < 4.78 is 6.41. The fourth-order valence-corrected chi connectivity index (χ4v) is 3.42. The van der Waals surface area contributed by atoms with Crippen molar-refractivity contribution in [1.29, 1.82) is 0 Å². The van der Waals surface area contributed by atoms with Gasteiger partial charge in [-0.1, -0.05) is 86.1 Å². The number of unbranched alkanes of at least 4 members (excludes halogenated alkanes) is 1. The van der Waals surface area contributed by atoms with Gasteiger partial charge >= 0.3 is 0 Å². The number of rotatable bonds is 6. The molecular weight excluding hydrogens is 332 g/mol. The molecule has 1 unspecified atom stereocenters. The van der Waals surface area contributed by atoms with Gasteiger partial charge in [-0.25, -0.2) is 0 Å². The minimum absolute atomic E-state index is 0.579. The lowest BCUT2D eigenvalue weighted by molar-refractivity contribution is 0.0336. The Hall–Kier alpha value is -3.07. The van der Waals surface area contributed by atoms with E-state index in [4.69, 9.17) is 4.74 Å². The van der Waals surface area contributed by atoms with Gasteiger partial charge in [0.1, 0.15) is 0 Å². The van der Waals surface area contributed by atoms with Crippen molar-refractivity contribution in [2.24, 2.45) is 5.10 Å². The Morgan fingerprint density at radius 1 is 0.778 bits per heavy atom. The van der Waals surface area contributed by atoms with Gasteiger partial charge in [0.15, 0.2) is 0 Å². The first-order chi connectivity index (χ1) is 13.3. The Morgan fingerprint density at radius 2 is 1.37 bits per heavy atom. The molecule has 0 fully saturated rings. The SMILES string of the molecule is CCCCC1(c2ccccc2)NN=C(c2ccc(-c3ccccc3)cc2)O1. The van der Waals surface area contributed by atoms with E-state index in [-0.39, 0.29) is 0 Å². The Morgan fingerprint density at radius 3 is 2.04 bits per heavy atom. The Bertz CT molecular complexity index is 904. The molecule has 0 spiro atoms. The Balaban J connectivity index is 1.57. The van der Waals surface area contributed by atoms with E-state index in [2.05, 4.69) is 78.1 Å². The van der Waals surface area contributed by atoms with E-state index in [9.17, 15) is 0 Å². The van der Waals surface area contributed by atoms with Crippen LogP contribution in [0.4, 0.5) is 0 Å². The minimum atomic E-state index is -0.579. The van der Waals surface area contributed by atoms with E-state index in [0.29, 0.717) is 5.90 Å². The first-order valence-electron chi connectivity index (χ1n) is 9.56. The highest BCUT2D eigenvalue weighted by Crippen LogP contribution is 2.33. The molecule has 136 valence electrons. The van der Waals surface area contributed by atoms with Crippen LogP contribution in [-0.4, -0.2) is 5.90 Å². The van der Waals surface area contributed by atoms with Gasteiger partial charge < -0.3 is 4.74 Å². The standard InChI is InChI=1S/C24H24N2O/c1-2-3-18-24(22-12-8-5-9-13-22)26-25-23(27-24)21-16-14-20(15-17-21)19-10-6-4-7-11-19/h4-17,26H,2-3,18H2,1H3. The van der Waals surface area contributed by atoms with Crippen LogP contribution >= 0.6 is 0 Å². The lowest BCUT2D eigenvalue weighted by Crippen LogP contribution is -2.38. The summed E-state index contributed by atoms with van der Waals surface area (Å²) in [5, 5.41) is 4.54. The van der Waals surface area contributed by atoms with Crippen LogP contribution in [0.15, 0.2) is 90.0 Å². The number of nitrogens with zero attached hydrogens (tertiary/aromatic N) is 1. The van der Waals surface area contributed by atoms with Crippen molar-refractivity contribution in [2.75, 3.05) is 0 Å². The number of ether oxygens (including phenoxy) is 1. The van der Waals surface area contributed by atoms with Crippen molar-refractivity contribution < 1.29 is 4.74 Å². The molecule has 27 heavy (non-hydrogen) atoms. The largest absolute Gasteiger partial charge is 0.444 e. The van der Waals surface area contributed by atoms with Crippen LogP contribution in [-0.2, 0) is 10.5 Å². The number of hydrogen-bond acceptors (Lipinski definition) is 3. The van der Waals surface area contributed by atoms with E-state index in [1.807, 2.05) is 24.3 Å². The van der Waals surface area contributed by atoms with Crippen LogP contribution in [0.2, 0.25) is 0 Å². The average Bonchev–Trinajstić information content (AvgIpc) is 3.19. The fourth-order valence-electron chi connectivity index (χ4n) is 3.42. The van der Waals surface area contributed by atoms with Gasteiger partial charge in [-0.3, -0.25) is 5.43 Å². The first kappa shape index (κ1) is 17.3. The van der Waals surface area contributed by atoms with Gasteiger partial charge in [-0.05, 0) is 29.7 Å². The number of hydrazone groups is 1. The molecule has 3 aromatic rings. The van der Waals surface area contributed by atoms with Gasteiger partial charge in [0, 0.05) is 17.5 Å².